The zero-order valence-corrected chi connectivity index (χ0v) is 8.79. The molecular formula is C11H10F3NO2. The molecule has 2 rings (SSSR count). The van der Waals surface area contributed by atoms with Crippen LogP contribution in [0, 0.1) is 23.4 Å². The van der Waals surface area contributed by atoms with Gasteiger partial charge in [0.15, 0.2) is 11.6 Å². The fraction of sp³-hybridized carbons (Fsp3) is 0.364. The molecule has 1 aromatic carbocycles. The molecule has 1 saturated heterocycles. The van der Waals surface area contributed by atoms with Crippen LogP contribution in [0.15, 0.2) is 12.1 Å². The number of benzene rings is 1. The van der Waals surface area contributed by atoms with E-state index >= 15 is 0 Å². The summed E-state index contributed by atoms with van der Waals surface area (Å²) in [7, 11) is 0. The van der Waals surface area contributed by atoms with E-state index in [9.17, 15) is 18.0 Å². The van der Waals surface area contributed by atoms with E-state index in [2.05, 4.69) is 0 Å². The summed E-state index contributed by atoms with van der Waals surface area (Å²) in [5, 5.41) is 8.90. The Morgan fingerprint density at radius 3 is 2.35 bits per heavy atom. The lowest BCUT2D eigenvalue weighted by molar-refractivity contribution is -0.117. The van der Waals surface area contributed by atoms with E-state index < -0.39 is 29.0 Å². The minimum Gasteiger partial charge on any atom is -0.396 e. The molecule has 1 aliphatic rings. The first-order valence-corrected chi connectivity index (χ1v) is 5.08. The highest BCUT2D eigenvalue weighted by atomic mass is 19.1. The number of aliphatic hydroxyl groups is 1. The molecule has 0 spiro atoms. The summed E-state index contributed by atoms with van der Waals surface area (Å²) in [5.74, 6) is -4.09. The molecular weight excluding hydrogens is 235 g/mol. The van der Waals surface area contributed by atoms with Gasteiger partial charge in [0.1, 0.15) is 11.5 Å². The van der Waals surface area contributed by atoms with Crippen LogP contribution in [0.1, 0.15) is 6.42 Å². The van der Waals surface area contributed by atoms with E-state index in [1.54, 1.807) is 0 Å². The fourth-order valence-electron chi connectivity index (χ4n) is 1.91. The molecule has 1 heterocycles. The number of halogens is 3. The van der Waals surface area contributed by atoms with Gasteiger partial charge in [-0.15, -0.1) is 0 Å². The number of carbonyl (C=O) groups is 1. The maximum Gasteiger partial charge on any atom is 0.227 e. The van der Waals surface area contributed by atoms with Crippen molar-refractivity contribution in [2.24, 2.45) is 5.92 Å². The summed E-state index contributed by atoms with van der Waals surface area (Å²) in [6.07, 6.45) is 0.0345. The van der Waals surface area contributed by atoms with Crippen molar-refractivity contribution in [3.8, 4) is 0 Å². The number of hydrogen-bond donors (Lipinski definition) is 1. The molecule has 0 aliphatic carbocycles. The van der Waals surface area contributed by atoms with Crippen LogP contribution in [-0.2, 0) is 4.79 Å². The second-order valence-corrected chi connectivity index (χ2v) is 3.98. The van der Waals surface area contributed by atoms with Crippen LogP contribution in [0.2, 0.25) is 0 Å². The minimum absolute atomic E-state index is 0.0345. The second kappa shape index (κ2) is 4.37. The Bertz CT molecular complexity index is 441. The van der Waals surface area contributed by atoms with E-state index in [0.29, 0.717) is 12.1 Å². The number of carbonyl (C=O) groups excluding carboxylic acids is 1. The highest BCUT2D eigenvalue weighted by molar-refractivity contribution is 5.96. The predicted molar refractivity (Wildman–Crippen MR) is 53.9 cm³/mol. The topological polar surface area (TPSA) is 40.5 Å². The number of anilines is 1. The molecule has 0 aromatic heterocycles. The van der Waals surface area contributed by atoms with Crippen molar-refractivity contribution in [2.75, 3.05) is 18.1 Å². The Morgan fingerprint density at radius 1 is 1.29 bits per heavy atom. The molecule has 3 nitrogen and oxygen atoms in total. The van der Waals surface area contributed by atoms with Crippen molar-refractivity contribution in [1.29, 1.82) is 0 Å². The zero-order chi connectivity index (χ0) is 12.6. The largest absolute Gasteiger partial charge is 0.396 e. The molecule has 1 atom stereocenters. The van der Waals surface area contributed by atoms with Gasteiger partial charge in [0, 0.05) is 37.6 Å². The standard InChI is InChI=1S/C11H10F3NO2/c12-7-2-8(13)11(9(14)3-7)15-4-6(5-16)1-10(15)17/h2-3,6,16H,1,4-5H2. The van der Waals surface area contributed by atoms with Crippen LogP contribution in [0.3, 0.4) is 0 Å². The average Bonchev–Trinajstić information content (AvgIpc) is 2.59. The minimum atomic E-state index is -1.12. The molecule has 1 aromatic rings. The van der Waals surface area contributed by atoms with Gasteiger partial charge in [-0.2, -0.15) is 0 Å². The summed E-state index contributed by atoms with van der Waals surface area (Å²) < 4.78 is 39.6. The van der Waals surface area contributed by atoms with Gasteiger partial charge in [0.2, 0.25) is 5.91 Å². The van der Waals surface area contributed by atoms with Crippen LogP contribution in [0.5, 0.6) is 0 Å². The number of nitrogens with zero attached hydrogens (tertiary/aromatic N) is 1. The highest BCUT2D eigenvalue weighted by Gasteiger charge is 2.33. The van der Waals surface area contributed by atoms with Crippen LogP contribution < -0.4 is 4.90 Å². The van der Waals surface area contributed by atoms with Crippen LogP contribution in [0.25, 0.3) is 0 Å². The van der Waals surface area contributed by atoms with Gasteiger partial charge < -0.3 is 10.0 Å². The normalized spacial score (nSPS) is 20.1. The number of aliphatic hydroxyl groups excluding tert-OH is 1. The van der Waals surface area contributed by atoms with Gasteiger partial charge in [-0.3, -0.25) is 4.79 Å². The highest BCUT2D eigenvalue weighted by Crippen LogP contribution is 2.30. The molecule has 1 aliphatic heterocycles. The number of amides is 1. The lowest BCUT2D eigenvalue weighted by Gasteiger charge is -2.17. The van der Waals surface area contributed by atoms with Gasteiger partial charge in [-0.25, -0.2) is 13.2 Å². The molecule has 1 fully saturated rings. The molecule has 1 unspecified atom stereocenters. The van der Waals surface area contributed by atoms with E-state index in [1.165, 1.54) is 0 Å². The van der Waals surface area contributed by atoms with E-state index in [1.807, 2.05) is 0 Å². The van der Waals surface area contributed by atoms with E-state index in [0.717, 1.165) is 4.90 Å². The zero-order valence-electron chi connectivity index (χ0n) is 8.79. The Balaban J connectivity index is 2.38. The summed E-state index contributed by atoms with van der Waals surface area (Å²) in [4.78, 5) is 12.4. The third-order valence-corrected chi connectivity index (χ3v) is 2.71. The maximum atomic E-state index is 13.4. The molecule has 17 heavy (non-hydrogen) atoms. The summed E-state index contributed by atoms with van der Waals surface area (Å²) in [5.41, 5.74) is -0.549. The third kappa shape index (κ3) is 2.12. The Morgan fingerprint density at radius 2 is 1.88 bits per heavy atom. The quantitative estimate of drug-likeness (QED) is 0.856. The molecule has 1 amide bonds. The summed E-state index contributed by atoms with van der Waals surface area (Å²) >= 11 is 0. The van der Waals surface area contributed by atoms with Crippen molar-refractivity contribution in [3.05, 3.63) is 29.6 Å². The Hall–Kier alpha value is -1.56. The molecule has 0 radical (unpaired) electrons. The molecule has 0 bridgehead atoms. The fourth-order valence-corrected chi connectivity index (χ4v) is 1.91. The number of rotatable bonds is 2. The van der Waals surface area contributed by atoms with Crippen molar-refractivity contribution in [1.82, 2.24) is 0 Å². The molecule has 6 heteroatoms. The van der Waals surface area contributed by atoms with Gasteiger partial charge >= 0.3 is 0 Å². The van der Waals surface area contributed by atoms with Gasteiger partial charge in [-0.1, -0.05) is 0 Å². The lowest BCUT2D eigenvalue weighted by Crippen LogP contribution is -2.27. The monoisotopic (exact) mass is 245 g/mol. The molecule has 92 valence electrons. The predicted octanol–water partition coefficient (Wildman–Crippen LogP) is 1.45. The van der Waals surface area contributed by atoms with Crippen molar-refractivity contribution < 1.29 is 23.1 Å². The lowest BCUT2D eigenvalue weighted by atomic mass is 10.1. The average molecular weight is 245 g/mol. The Labute approximate surface area is 95.5 Å². The van der Waals surface area contributed by atoms with Gasteiger partial charge in [0.05, 0.1) is 0 Å². The van der Waals surface area contributed by atoms with Crippen molar-refractivity contribution in [2.45, 2.75) is 6.42 Å². The van der Waals surface area contributed by atoms with Gasteiger partial charge in [-0.05, 0) is 0 Å². The number of hydrogen-bond acceptors (Lipinski definition) is 2. The maximum absolute atomic E-state index is 13.4. The smallest absolute Gasteiger partial charge is 0.227 e. The summed E-state index contributed by atoms with van der Waals surface area (Å²) in [6, 6.07) is 1.05. The van der Waals surface area contributed by atoms with E-state index in [4.69, 9.17) is 5.11 Å². The van der Waals surface area contributed by atoms with Crippen molar-refractivity contribution in [3.63, 3.8) is 0 Å². The van der Waals surface area contributed by atoms with Crippen LogP contribution in [-0.4, -0.2) is 24.2 Å². The SMILES string of the molecule is O=C1CC(CO)CN1c1c(F)cc(F)cc1F. The summed E-state index contributed by atoms with van der Waals surface area (Å²) in [6.45, 7) is -0.193. The van der Waals surface area contributed by atoms with Crippen LogP contribution >= 0.6 is 0 Å². The second-order valence-electron chi connectivity index (χ2n) is 3.98. The molecule has 1 N–H and O–H groups in total. The third-order valence-electron chi connectivity index (χ3n) is 2.71. The molecule has 0 saturated carbocycles. The van der Waals surface area contributed by atoms with Gasteiger partial charge in [0.25, 0.3) is 0 Å². The van der Waals surface area contributed by atoms with Crippen molar-refractivity contribution >= 4 is 11.6 Å². The first-order chi connectivity index (χ1) is 8.02. The first kappa shape index (κ1) is 11.9. The van der Waals surface area contributed by atoms with Crippen LogP contribution in [0.4, 0.5) is 18.9 Å². The Kier molecular flexibility index (Phi) is 3.06. The first-order valence-electron chi connectivity index (χ1n) is 5.08. The van der Waals surface area contributed by atoms with E-state index in [-0.39, 0.29) is 25.5 Å².